The second kappa shape index (κ2) is 2.36. The van der Waals surface area contributed by atoms with Crippen LogP contribution in [0.5, 0.6) is 0 Å². The van der Waals surface area contributed by atoms with E-state index in [4.69, 9.17) is 0 Å². The summed E-state index contributed by atoms with van der Waals surface area (Å²) in [7, 11) is 1.75. The second-order valence-electron chi connectivity index (χ2n) is 3.49. The summed E-state index contributed by atoms with van der Waals surface area (Å²) in [5, 5.41) is 11.4. The van der Waals surface area contributed by atoms with Crippen molar-refractivity contribution in [1.82, 2.24) is 0 Å². The van der Waals surface area contributed by atoms with Gasteiger partial charge in [-0.05, 0) is 19.4 Å². The predicted molar refractivity (Wildman–Crippen MR) is 42.3 cm³/mol. The molecular formula is C8H15NO. The Hall–Kier alpha value is -0.340. The summed E-state index contributed by atoms with van der Waals surface area (Å²) in [4.78, 5) is 0. The zero-order valence-corrected chi connectivity index (χ0v) is 6.98. The molecule has 0 saturated carbocycles. The highest BCUT2D eigenvalue weighted by atomic mass is 16.5. The molecule has 1 aliphatic heterocycles. The van der Waals surface area contributed by atoms with Crippen LogP contribution in [0.15, 0.2) is 11.1 Å². The Morgan fingerprint density at radius 2 is 1.90 bits per heavy atom. The molecule has 10 heavy (non-hydrogen) atoms. The van der Waals surface area contributed by atoms with Crippen LogP contribution in [0, 0.1) is 5.21 Å². The summed E-state index contributed by atoms with van der Waals surface area (Å²) in [5.41, 5.74) is 2.69. The van der Waals surface area contributed by atoms with E-state index < -0.39 is 0 Å². The monoisotopic (exact) mass is 141 g/mol. The fourth-order valence-electron chi connectivity index (χ4n) is 1.33. The van der Waals surface area contributed by atoms with Crippen molar-refractivity contribution in [2.75, 3.05) is 20.1 Å². The minimum absolute atomic E-state index is 0.0802. The molecule has 1 unspecified atom stereocenters. The van der Waals surface area contributed by atoms with Crippen LogP contribution in [0.1, 0.15) is 20.3 Å². The molecule has 0 bridgehead atoms. The van der Waals surface area contributed by atoms with Crippen molar-refractivity contribution < 1.29 is 4.65 Å². The Kier molecular flexibility index (Phi) is 1.84. The van der Waals surface area contributed by atoms with Gasteiger partial charge < -0.3 is 9.85 Å². The van der Waals surface area contributed by atoms with E-state index in [1.807, 2.05) is 0 Å². The van der Waals surface area contributed by atoms with E-state index in [9.17, 15) is 5.21 Å². The summed E-state index contributed by atoms with van der Waals surface area (Å²) >= 11 is 0. The van der Waals surface area contributed by atoms with Crippen LogP contribution >= 0.6 is 0 Å². The number of hydrogen-bond donors (Lipinski definition) is 0. The molecule has 58 valence electrons. The minimum atomic E-state index is -0.0802. The molecule has 0 aliphatic carbocycles. The van der Waals surface area contributed by atoms with Gasteiger partial charge in [0.15, 0.2) is 0 Å². The summed E-state index contributed by atoms with van der Waals surface area (Å²) in [6, 6.07) is 0. The zero-order valence-electron chi connectivity index (χ0n) is 6.98. The van der Waals surface area contributed by atoms with Crippen molar-refractivity contribution in [3.8, 4) is 0 Å². The highest BCUT2D eigenvalue weighted by Crippen LogP contribution is 2.20. The summed E-state index contributed by atoms with van der Waals surface area (Å²) in [5.74, 6) is 0. The third-order valence-corrected chi connectivity index (χ3v) is 2.26. The van der Waals surface area contributed by atoms with Crippen LogP contribution in [0.25, 0.3) is 0 Å². The number of hydroxylamine groups is 3. The second-order valence-corrected chi connectivity index (χ2v) is 3.49. The van der Waals surface area contributed by atoms with Gasteiger partial charge in [0, 0.05) is 6.42 Å². The van der Waals surface area contributed by atoms with Crippen molar-refractivity contribution in [1.29, 1.82) is 0 Å². The largest absolute Gasteiger partial charge is 0.633 e. The average Bonchev–Trinajstić information content (AvgIpc) is 1.79. The number of likely N-dealkylation sites (N-methyl/N-ethyl adjacent to an activating group) is 1. The Morgan fingerprint density at radius 1 is 1.30 bits per heavy atom. The van der Waals surface area contributed by atoms with E-state index in [0.29, 0.717) is 6.54 Å². The van der Waals surface area contributed by atoms with Gasteiger partial charge in [-0.1, -0.05) is 5.57 Å². The predicted octanol–water partition coefficient (Wildman–Crippen LogP) is 1.67. The van der Waals surface area contributed by atoms with Crippen LogP contribution in [-0.4, -0.2) is 24.8 Å². The summed E-state index contributed by atoms with van der Waals surface area (Å²) < 4.78 is -0.0802. The molecule has 0 amide bonds. The van der Waals surface area contributed by atoms with Crippen LogP contribution in [0.4, 0.5) is 0 Å². The van der Waals surface area contributed by atoms with E-state index in [-0.39, 0.29) is 4.65 Å². The third-order valence-electron chi connectivity index (χ3n) is 2.26. The normalized spacial score (nSPS) is 34.8. The Balaban J connectivity index is 2.72. The highest BCUT2D eigenvalue weighted by molar-refractivity contribution is 5.11. The maximum absolute atomic E-state index is 11.4. The Bertz CT molecular complexity index is 170. The molecule has 2 nitrogen and oxygen atoms in total. The molecule has 1 rings (SSSR count). The maximum atomic E-state index is 11.4. The number of nitrogens with zero attached hydrogens (tertiary/aromatic N) is 1. The first-order valence-corrected chi connectivity index (χ1v) is 3.72. The van der Waals surface area contributed by atoms with Gasteiger partial charge in [-0.15, -0.1) is 0 Å². The minimum Gasteiger partial charge on any atom is -0.633 e. The first-order valence-electron chi connectivity index (χ1n) is 3.72. The molecule has 0 spiro atoms. The molecule has 0 aromatic rings. The smallest absolute Gasteiger partial charge is 0.0998 e. The standard InChI is InChI=1S/C8H15NO/c1-7-4-5-9(3,10)6-8(7)2/h4-6H2,1-3H3. The van der Waals surface area contributed by atoms with Gasteiger partial charge in [-0.25, -0.2) is 0 Å². The van der Waals surface area contributed by atoms with Crippen LogP contribution < -0.4 is 0 Å². The molecule has 0 saturated heterocycles. The molecule has 1 atom stereocenters. The quantitative estimate of drug-likeness (QED) is 0.286. The van der Waals surface area contributed by atoms with Crippen LogP contribution in [0.2, 0.25) is 0 Å². The fraction of sp³-hybridized carbons (Fsp3) is 0.750. The fourth-order valence-corrected chi connectivity index (χ4v) is 1.33. The van der Waals surface area contributed by atoms with E-state index in [1.54, 1.807) is 7.05 Å². The van der Waals surface area contributed by atoms with Gasteiger partial charge in [-0.2, -0.15) is 0 Å². The number of hydrogen-bond acceptors (Lipinski definition) is 1. The van der Waals surface area contributed by atoms with Crippen molar-refractivity contribution in [3.05, 3.63) is 16.4 Å². The van der Waals surface area contributed by atoms with Crippen LogP contribution in [0.3, 0.4) is 0 Å². The lowest BCUT2D eigenvalue weighted by Gasteiger charge is -2.42. The van der Waals surface area contributed by atoms with Gasteiger partial charge in [0.05, 0.1) is 20.1 Å². The first-order chi connectivity index (χ1) is 4.51. The van der Waals surface area contributed by atoms with Crippen molar-refractivity contribution >= 4 is 0 Å². The van der Waals surface area contributed by atoms with Gasteiger partial charge in [0.25, 0.3) is 0 Å². The molecule has 1 aliphatic rings. The SMILES string of the molecule is CC1=C(C)C[N+](C)([O-])CC1. The van der Waals surface area contributed by atoms with E-state index in [0.717, 1.165) is 13.0 Å². The first kappa shape index (κ1) is 7.76. The van der Waals surface area contributed by atoms with Crippen molar-refractivity contribution in [2.45, 2.75) is 20.3 Å². The Morgan fingerprint density at radius 3 is 2.30 bits per heavy atom. The number of quaternary nitrogens is 1. The lowest BCUT2D eigenvalue weighted by atomic mass is 10.0. The topological polar surface area (TPSA) is 23.1 Å². The molecule has 2 heteroatoms. The highest BCUT2D eigenvalue weighted by Gasteiger charge is 2.17. The molecule has 0 aromatic carbocycles. The molecule has 0 N–H and O–H groups in total. The maximum Gasteiger partial charge on any atom is 0.0998 e. The number of rotatable bonds is 0. The van der Waals surface area contributed by atoms with Gasteiger partial charge >= 0.3 is 0 Å². The molecule has 0 fully saturated rings. The molecular weight excluding hydrogens is 126 g/mol. The zero-order chi connectivity index (χ0) is 7.78. The third kappa shape index (κ3) is 1.58. The lowest BCUT2D eigenvalue weighted by molar-refractivity contribution is -0.857. The lowest BCUT2D eigenvalue weighted by Crippen LogP contribution is -2.42. The summed E-state index contributed by atoms with van der Waals surface area (Å²) in [6.45, 7) is 5.62. The van der Waals surface area contributed by atoms with Crippen LogP contribution in [-0.2, 0) is 0 Å². The molecule has 0 radical (unpaired) electrons. The van der Waals surface area contributed by atoms with Gasteiger partial charge in [0.2, 0.25) is 0 Å². The van der Waals surface area contributed by atoms with Crippen molar-refractivity contribution in [3.63, 3.8) is 0 Å². The Labute approximate surface area is 62.3 Å². The van der Waals surface area contributed by atoms with Gasteiger partial charge in [-0.3, -0.25) is 0 Å². The van der Waals surface area contributed by atoms with E-state index in [1.165, 1.54) is 11.1 Å². The summed E-state index contributed by atoms with van der Waals surface area (Å²) in [6.07, 6.45) is 0.978. The molecule has 1 heterocycles. The van der Waals surface area contributed by atoms with E-state index in [2.05, 4.69) is 13.8 Å². The average molecular weight is 141 g/mol. The van der Waals surface area contributed by atoms with Gasteiger partial charge in [0.1, 0.15) is 0 Å². The van der Waals surface area contributed by atoms with Crippen molar-refractivity contribution in [2.24, 2.45) is 0 Å². The van der Waals surface area contributed by atoms with E-state index >= 15 is 0 Å². The molecule has 0 aromatic heterocycles.